The van der Waals surface area contributed by atoms with Crippen molar-refractivity contribution >= 4 is 6.01 Å². The summed E-state index contributed by atoms with van der Waals surface area (Å²) in [6, 6.07) is 1.28. The van der Waals surface area contributed by atoms with Gasteiger partial charge in [-0.2, -0.15) is 5.26 Å². The first-order valence-electron chi connectivity index (χ1n) is 5.57. The predicted molar refractivity (Wildman–Crippen MR) is 62.9 cm³/mol. The molecular weight excluding hydrogens is 204 g/mol. The summed E-state index contributed by atoms with van der Waals surface area (Å²) in [5, 5.41) is 14.9. The molecule has 5 heteroatoms. The summed E-state index contributed by atoms with van der Waals surface area (Å²) < 4.78 is 6.56. The molecule has 0 aromatic rings. The van der Waals surface area contributed by atoms with Crippen LogP contribution >= 0.6 is 0 Å². The van der Waals surface area contributed by atoms with Crippen molar-refractivity contribution in [1.29, 1.82) is 5.26 Å². The first-order chi connectivity index (χ1) is 7.68. The van der Waals surface area contributed by atoms with Gasteiger partial charge >= 0.3 is 0 Å². The largest absolute Gasteiger partial charge is 0.422 e. The molecule has 0 spiro atoms. The second-order valence-corrected chi connectivity index (χ2v) is 4.07. The average Bonchev–Trinajstić information content (AvgIpc) is 2.29. The van der Waals surface area contributed by atoms with Gasteiger partial charge in [-0.15, -0.1) is 6.01 Å². The van der Waals surface area contributed by atoms with Crippen molar-refractivity contribution in [3.05, 3.63) is 5.41 Å². The quantitative estimate of drug-likeness (QED) is 0.414. The van der Waals surface area contributed by atoms with Crippen LogP contribution in [0.1, 0.15) is 19.8 Å². The van der Waals surface area contributed by atoms with Crippen LogP contribution in [0.15, 0.2) is 4.99 Å². The van der Waals surface area contributed by atoms with Crippen LogP contribution in [-0.2, 0) is 4.74 Å². The molecule has 1 fully saturated rings. The lowest BCUT2D eigenvalue weighted by Gasteiger charge is -2.37. The van der Waals surface area contributed by atoms with Crippen LogP contribution in [0, 0.1) is 11.5 Å². The Labute approximate surface area is 97.4 Å². The van der Waals surface area contributed by atoms with Gasteiger partial charge < -0.3 is 19.6 Å². The summed E-state index contributed by atoms with van der Waals surface area (Å²) in [5.74, 6) is 0. The molecule has 0 radical (unpaired) electrons. The molecule has 0 atom stereocenters. The van der Waals surface area contributed by atoms with E-state index in [-0.39, 0.29) is 0 Å². The Kier molecular flexibility index (Phi) is 8.36. The highest BCUT2D eigenvalue weighted by Crippen LogP contribution is 2.08. The number of morpholine rings is 1. The van der Waals surface area contributed by atoms with Crippen LogP contribution in [-0.4, -0.2) is 50.4 Å². The van der Waals surface area contributed by atoms with Gasteiger partial charge in [0, 0.05) is 0 Å². The Morgan fingerprint density at radius 1 is 1.44 bits per heavy atom. The Morgan fingerprint density at radius 3 is 2.44 bits per heavy atom. The minimum Gasteiger partial charge on any atom is -0.422 e. The van der Waals surface area contributed by atoms with Crippen LogP contribution in [0.3, 0.4) is 0 Å². The summed E-state index contributed by atoms with van der Waals surface area (Å²) in [4.78, 5) is 2.58. The van der Waals surface area contributed by atoms with Crippen molar-refractivity contribution in [2.75, 3.05) is 39.9 Å². The first-order valence-corrected chi connectivity index (χ1v) is 5.57. The standard InChI is InChI=1S/C9H20NO.C2N3/c1-3-4-5-10(2)6-8-11-9-7-10;3-1-5-2-4/h3-9H2,1-2H3;/q+1;-1. The molecule has 5 nitrogen and oxygen atoms in total. The lowest BCUT2D eigenvalue weighted by molar-refractivity contribution is -0.917. The molecule has 16 heavy (non-hydrogen) atoms. The van der Waals surface area contributed by atoms with Gasteiger partial charge in [-0.25, -0.2) is 0 Å². The van der Waals surface area contributed by atoms with Crippen LogP contribution in [0.25, 0.3) is 5.41 Å². The van der Waals surface area contributed by atoms with E-state index in [1.165, 1.54) is 49.2 Å². The maximum atomic E-state index is 7.43. The Morgan fingerprint density at radius 2 is 2.06 bits per heavy atom. The molecular formula is C11H20N4O. The van der Waals surface area contributed by atoms with E-state index in [4.69, 9.17) is 15.4 Å². The van der Waals surface area contributed by atoms with E-state index in [2.05, 4.69) is 19.0 Å². The minimum atomic E-state index is 0.959. The van der Waals surface area contributed by atoms with Gasteiger partial charge in [0.05, 0.1) is 33.0 Å². The molecule has 1 aliphatic rings. The van der Waals surface area contributed by atoms with Gasteiger partial charge in [-0.3, -0.25) is 0 Å². The minimum absolute atomic E-state index is 0.959. The molecule has 0 saturated carbocycles. The number of unbranched alkanes of at least 4 members (excludes halogenated alkanes) is 1. The third-order valence-electron chi connectivity index (χ3n) is 2.70. The number of hydrogen-bond acceptors (Lipinski definition) is 3. The summed E-state index contributed by atoms with van der Waals surface area (Å²) >= 11 is 0. The second-order valence-electron chi connectivity index (χ2n) is 4.07. The van der Waals surface area contributed by atoms with E-state index in [0.29, 0.717) is 0 Å². The smallest absolute Gasteiger partial charge is 0.102 e. The van der Waals surface area contributed by atoms with Crippen molar-refractivity contribution < 1.29 is 9.22 Å². The van der Waals surface area contributed by atoms with Crippen molar-refractivity contribution in [3.63, 3.8) is 0 Å². The van der Waals surface area contributed by atoms with Gasteiger partial charge in [-0.1, -0.05) is 13.3 Å². The number of quaternary nitrogens is 1. The number of hydrogen-bond donors (Lipinski definition) is 0. The fourth-order valence-electron chi connectivity index (χ4n) is 1.57. The van der Waals surface area contributed by atoms with E-state index in [0.717, 1.165) is 13.2 Å². The SMILES string of the molecule is CCCC[N+]1(C)CCOCC1.N#CN=C=[N-]. The maximum absolute atomic E-state index is 7.43. The molecule has 0 aliphatic carbocycles. The third kappa shape index (κ3) is 7.13. The first kappa shape index (κ1) is 14.8. The van der Waals surface area contributed by atoms with Crippen molar-refractivity contribution in [1.82, 2.24) is 0 Å². The predicted octanol–water partition coefficient (Wildman–Crippen LogP) is 1.47. The van der Waals surface area contributed by atoms with Crippen molar-refractivity contribution in [2.24, 2.45) is 4.99 Å². The third-order valence-corrected chi connectivity index (χ3v) is 2.70. The summed E-state index contributed by atoms with van der Waals surface area (Å²) in [5.41, 5.74) is 0. The van der Waals surface area contributed by atoms with Gasteiger partial charge in [-0.05, 0) is 6.42 Å². The van der Waals surface area contributed by atoms with Crippen LogP contribution in [0.4, 0.5) is 0 Å². The zero-order valence-electron chi connectivity index (χ0n) is 10.1. The molecule has 0 aromatic heterocycles. The highest BCUT2D eigenvalue weighted by atomic mass is 16.5. The van der Waals surface area contributed by atoms with Gasteiger partial charge in [0.2, 0.25) is 0 Å². The lowest BCUT2D eigenvalue weighted by Crippen LogP contribution is -2.52. The van der Waals surface area contributed by atoms with E-state index in [1.807, 2.05) is 0 Å². The van der Waals surface area contributed by atoms with E-state index < -0.39 is 0 Å². The molecule has 0 bridgehead atoms. The van der Waals surface area contributed by atoms with Gasteiger partial charge in [0.25, 0.3) is 0 Å². The zero-order chi connectivity index (χ0) is 12.3. The summed E-state index contributed by atoms with van der Waals surface area (Å²) in [6.07, 6.45) is 3.95. The van der Waals surface area contributed by atoms with Crippen LogP contribution < -0.4 is 0 Å². The molecule has 1 heterocycles. The number of rotatable bonds is 3. The Hall–Kier alpha value is -1.21. The van der Waals surface area contributed by atoms with E-state index in [9.17, 15) is 0 Å². The highest BCUT2D eigenvalue weighted by molar-refractivity contribution is 5.46. The zero-order valence-corrected chi connectivity index (χ0v) is 10.1. The van der Waals surface area contributed by atoms with Gasteiger partial charge in [0.15, 0.2) is 0 Å². The van der Waals surface area contributed by atoms with Crippen LogP contribution in [0.5, 0.6) is 0 Å². The molecule has 0 unspecified atom stereocenters. The Balaban J connectivity index is 0.000000385. The topological polar surface area (TPSA) is 67.7 Å². The fourth-order valence-corrected chi connectivity index (χ4v) is 1.57. The normalized spacial score (nSPS) is 17.3. The molecule has 0 aromatic carbocycles. The summed E-state index contributed by atoms with van der Waals surface area (Å²) in [6.45, 7) is 7.92. The Bertz CT molecular complexity index is 260. The monoisotopic (exact) mass is 224 g/mol. The number of nitrogens with zero attached hydrogens (tertiary/aromatic N) is 4. The van der Waals surface area contributed by atoms with Gasteiger partial charge in [0.1, 0.15) is 13.1 Å². The van der Waals surface area contributed by atoms with E-state index >= 15 is 0 Å². The maximum Gasteiger partial charge on any atom is 0.102 e. The lowest BCUT2D eigenvalue weighted by atomic mass is 10.2. The van der Waals surface area contributed by atoms with Crippen molar-refractivity contribution in [3.8, 4) is 6.19 Å². The number of likely N-dealkylation sites (N-methyl/N-ethyl adjacent to an activating group) is 1. The number of aliphatic imine (C=N–C) groups is 1. The summed E-state index contributed by atoms with van der Waals surface area (Å²) in [7, 11) is 2.35. The van der Waals surface area contributed by atoms with E-state index in [1.54, 1.807) is 0 Å². The fraction of sp³-hybridized carbons (Fsp3) is 0.818. The number of nitriles is 1. The number of ether oxygens (including phenoxy) is 1. The average molecular weight is 224 g/mol. The second kappa shape index (κ2) is 9.05. The van der Waals surface area contributed by atoms with Crippen molar-refractivity contribution in [2.45, 2.75) is 19.8 Å². The molecule has 1 aliphatic heterocycles. The molecule has 90 valence electrons. The molecule has 1 saturated heterocycles. The molecule has 0 N–H and O–H groups in total. The highest BCUT2D eigenvalue weighted by Gasteiger charge is 2.23. The molecule has 1 rings (SSSR count). The van der Waals surface area contributed by atoms with Crippen LogP contribution in [0.2, 0.25) is 0 Å². The molecule has 0 amide bonds.